The van der Waals surface area contributed by atoms with Gasteiger partial charge in [0.15, 0.2) is 0 Å². The first kappa shape index (κ1) is 15.5. The molecule has 4 heteroatoms. The second kappa shape index (κ2) is 6.44. The molecule has 1 aliphatic heterocycles. The standard InChI is InChI=1S/C20H24N2O2/c1-13(14-3-6-19-16(10-14)8-9-24-19)22-18-5-2-15(11-18)17-4-7-20(23)21-12-17/h3-4,6-7,10,12-13,15,18,22H,2,5,8-9,11H2,1H3,(H,21,23)/t13-,15?,18+/m1/s1. The third-order valence-corrected chi connectivity index (χ3v) is 5.41. The van der Waals surface area contributed by atoms with E-state index in [4.69, 9.17) is 4.74 Å². The summed E-state index contributed by atoms with van der Waals surface area (Å²) in [5, 5.41) is 3.78. The SMILES string of the molecule is C[C@@H](N[C@H]1CCC(c2ccc(=O)[nH]c2)C1)c1ccc2c(c1)CCO2. The van der Waals surface area contributed by atoms with Gasteiger partial charge < -0.3 is 15.0 Å². The van der Waals surface area contributed by atoms with Crippen LogP contribution in [0.25, 0.3) is 0 Å². The molecule has 3 atom stereocenters. The van der Waals surface area contributed by atoms with Crippen LogP contribution in [-0.4, -0.2) is 17.6 Å². The van der Waals surface area contributed by atoms with Gasteiger partial charge in [-0.25, -0.2) is 0 Å². The van der Waals surface area contributed by atoms with E-state index in [2.05, 4.69) is 35.4 Å². The van der Waals surface area contributed by atoms with Crippen molar-refractivity contribution < 1.29 is 4.74 Å². The molecule has 2 heterocycles. The summed E-state index contributed by atoms with van der Waals surface area (Å²) in [7, 11) is 0. The average Bonchev–Trinajstić information content (AvgIpc) is 3.24. The van der Waals surface area contributed by atoms with Gasteiger partial charge in [0.25, 0.3) is 0 Å². The zero-order valence-electron chi connectivity index (χ0n) is 14.0. The van der Waals surface area contributed by atoms with E-state index >= 15 is 0 Å². The summed E-state index contributed by atoms with van der Waals surface area (Å²) >= 11 is 0. The molecule has 1 saturated carbocycles. The lowest BCUT2D eigenvalue weighted by atomic mass is 9.99. The Hall–Kier alpha value is -2.07. The maximum atomic E-state index is 11.2. The minimum Gasteiger partial charge on any atom is -0.493 e. The molecule has 1 aromatic carbocycles. The van der Waals surface area contributed by atoms with Crippen LogP contribution >= 0.6 is 0 Å². The van der Waals surface area contributed by atoms with Crippen molar-refractivity contribution >= 4 is 0 Å². The normalized spacial score (nSPS) is 23.7. The summed E-state index contributed by atoms with van der Waals surface area (Å²) in [6.07, 6.45) is 6.38. The topological polar surface area (TPSA) is 54.1 Å². The van der Waals surface area contributed by atoms with Gasteiger partial charge in [0.05, 0.1) is 6.61 Å². The number of benzene rings is 1. The zero-order valence-corrected chi connectivity index (χ0v) is 14.0. The van der Waals surface area contributed by atoms with Crippen LogP contribution in [0.2, 0.25) is 0 Å². The highest BCUT2D eigenvalue weighted by Gasteiger charge is 2.27. The summed E-state index contributed by atoms with van der Waals surface area (Å²) in [5.74, 6) is 1.59. The maximum Gasteiger partial charge on any atom is 0.247 e. The molecule has 2 aromatic rings. The Morgan fingerprint density at radius 2 is 2.17 bits per heavy atom. The second-order valence-corrected chi connectivity index (χ2v) is 7.05. The van der Waals surface area contributed by atoms with Crippen molar-refractivity contribution in [1.82, 2.24) is 10.3 Å². The fourth-order valence-electron chi connectivity index (χ4n) is 4.04. The van der Waals surface area contributed by atoms with Gasteiger partial charge in [-0.05, 0) is 54.9 Å². The minimum absolute atomic E-state index is 0.0272. The van der Waals surface area contributed by atoms with Crippen LogP contribution in [0.3, 0.4) is 0 Å². The monoisotopic (exact) mass is 324 g/mol. The van der Waals surface area contributed by atoms with Crippen LogP contribution in [-0.2, 0) is 6.42 Å². The summed E-state index contributed by atoms with van der Waals surface area (Å²) in [4.78, 5) is 14.0. The number of rotatable bonds is 4. The van der Waals surface area contributed by atoms with E-state index in [-0.39, 0.29) is 5.56 Å². The fraction of sp³-hybridized carbons (Fsp3) is 0.450. The van der Waals surface area contributed by atoms with Crippen molar-refractivity contribution in [2.24, 2.45) is 0 Å². The molecule has 2 aliphatic rings. The number of aromatic amines is 1. The third kappa shape index (κ3) is 3.11. The van der Waals surface area contributed by atoms with Crippen LogP contribution in [0.1, 0.15) is 54.8 Å². The van der Waals surface area contributed by atoms with Gasteiger partial charge in [-0.15, -0.1) is 0 Å². The lowest BCUT2D eigenvalue weighted by Gasteiger charge is -2.20. The van der Waals surface area contributed by atoms with E-state index in [0.717, 1.165) is 25.2 Å². The van der Waals surface area contributed by atoms with Gasteiger partial charge in [-0.1, -0.05) is 18.2 Å². The Bertz CT molecular complexity index is 763. The molecule has 2 N–H and O–H groups in total. The molecule has 0 bridgehead atoms. The largest absolute Gasteiger partial charge is 0.493 e. The second-order valence-electron chi connectivity index (χ2n) is 7.05. The Kier molecular flexibility index (Phi) is 4.15. The molecule has 1 aromatic heterocycles. The predicted molar refractivity (Wildman–Crippen MR) is 94.6 cm³/mol. The number of nitrogens with one attached hydrogen (secondary N) is 2. The van der Waals surface area contributed by atoms with E-state index < -0.39 is 0 Å². The molecular weight excluding hydrogens is 300 g/mol. The van der Waals surface area contributed by atoms with Crippen LogP contribution in [0, 0.1) is 0 Å². The number of hydrogen-bond donors (Lipinski definition) is 2. The summed E-state index contributed by atoms with van der Waals surface area (Å²) < 4.78 is 5.59. The molecule has 1 aliphatic carbocycles. The lowest BCUT2D eigenvalue weighted by molar-refractivity contribution is 0.356. The van der Waals surface area contributed by atoms with Crippen LogP contribution in [0.4, 0.5) is 0 Å². The number of aromatic nitrogens is 1. The van der Waals surface area contributed by atoms with E-state index in [1.165, 1.54) is 29.5 Å². The number of fused-ring (bicyclic) bond motifs is 1. The molecule has 1 fully saturated rings. The minimum atomic E-state index is -0.0272. The van der Waals surface area contributed by atoms with Gasteiger partial charge in [0.1, 0.15) is 5.75 Å². The zero-order chi connectivity index (χ0) is 16.5. The Balaban J connectivity index is 1.39. The summed E-state index contributed by atoms with van der Waals surface area (Å²) in [6, 6.07) is 11.0. The van der Waals surface area contributed by atoms with Crippen molar-refractivity contribution in [3.8, 4) is 5.75 Å². The highest BCUT2D eigenvalue weighted by molar-refractivity contribution is 5.40. The molecule has 4 rings (SSSR count). The summed E-state index contributed by atoms with van der Waals surface area (Å²) in [6.45, 7) is 3.05. The van der Waals surface area contributed by atoms with Crippen LogP contribution in [0.5, 0.6) is 5.75 Å². The highest BCUT2D eigenvalue weighted by atomic mass is 16.5. The first-order valence-electron chi connectivity index (χ1n) is 8.89. The molecule has 4 nitrogen and oxygen atoms in total. The quantitative estimate of drug-likeness (QED) is 0.907. The molecule has 0 radical (unpaired) electrons. The number of hydrogen-bond acceptors (Lipinski definition) is 3. The van der Waals surface area contributed by atoms with Crippen LogP contribution in [0.15, 0.2) is 41.3 Å². The molecule has 126 valence electrons. The summed E-state index contributed by atoms with van der Waals surface area (Å²) in [5.41, 5.74) is 3.90. The fourth-order valence-corrected chi connectivity index (χ4v) is 4.04. The van der Waals surface area contributed by atoms with Crippen LogP contribution < -0.4 is 15.6 Å². The van der Waals surface area contributed by atoms with Gasteiger partial charge in [-0.3, -0.25) is 4.79 Å². The van der Waals surface area contributed by atoms with E-state index in [0.29, 0.717) is 18.0 Å². The third-order valence-electron chi connectivity index (χ3n) is 5.41. The molecule has 0 spiro atoms. The molecule has 0 saturated heterocycles. The van der Waals surface area contributed by atoms with Crippen molar-refractivity contribution in [2.45, 2.75) is 50.6 Å². The first-order valence-corrected chi connectivity index (χ1v) is 8.89. The number of pyridine rings is 1. The van der Waals surface area contributed by atoms with E-state index in [1.54, 1.807) is 6.07 Å². The smallest absolute Gasteiger partial charge is 0.247 e. The van der Waals surface area contributed by atoms with Crippen molar-refractivity contribution in [3.63, 3.8) is 0 Å². The Morgan fingerprint density at radius 3 is 3.00 bits per heavy atom. The van der Waals surface area contributed by atoms with Crippen molar-refractivity contribution in [2.75, 3.05) is 6.61 Å². The van der Waals surface area contributed by atoms with Gasteiger partial charge in [0, 0.05) is 30.8 Å². The van der Waals surface area contributed by atoms with Gasteiger partial charge in [-0.2, -0.15) is 0 Å². The van der Waals surface area contributed by atoms with Gasteiger partial charge in [0.2, 0.25) is 5.56 Å². The average molecular weight is 324 g/mol. The lowest BCUT2D eigenvalue weighted by Crippen LogP contribution is -2.29. The molecular formula is C20H24N2O2. The van der Waals surface area contributed by atoms with Gasteiger partial charge >= 0.3 is 0 Å². The maximum absolute atomic E-state index is 11.2. The number of H-pyrrole nitrogens is 1. The Morgan fingerprint density at radius 1 is 1.25 bits per heavy atom. The highest BCUT2D eigenvalue weighted by Crippen LogP contribution is 2.35. The van der Waals surface area contributed by atoms with E-state index in [1.807, 2.05) is 12.3 Å². The van der Waals surface area contributed by atoms with Crippen molar-refractivity contribution in [3.05, 3.63) is 63.6 Å². The van der Waals surface area contributed by atoms with Crippen molar-refractivity contribution in [1.29, 1.82) is 0 Å². The molecule has 0 amide bonds. The van der Waals surface area contributed by atoms with E-state index in [9.17, 15) is 4.79 Å². The number of ether oxygens (including phenoxy) is 1. The predicted octanol–water partition coefficient (Wildman–Crippen LogP) is 3.30. The first-order chi connectivity index (χ1) is 11.7. The molecule has 1 unspecified atom stereocenters. The Labute approximate surface area is 142 Å². The molecule has 24 heavy (non-hydrogen) atoms.